The molecule has 0 atom stereocenters. The van der Waals surface area contributed by atoms with Gasteiger partial charge in [-0.3, -0.25) is 0 Å². The van der Waals surface area contributed by atoms with Gasteiger partial charge in [-0.1, -0.05) is 13.3 Å². The number of urea groups is 1. The largest absolute Gasteiger partial charge is 0.352 e. The molecule has 88 valence electrons. The third-order valence-corrected chi connectivity index (χ3v) is 3.28. The Balaban J connectivity index is 2.01. The quantitative estimate of drug-likeness (QED) is 0.601. The SMILES string of the molecule is CCC1CCC(NCCNC(N)=O)CC1. The van der Waals surface area contributed by atoms with E-state index >= 15 is 0 Å². The molecule has 0 aromatic carbocycles. The van der Waals surface area contributed by atoms with Gasteiger partial charge in [-0.15, -0.1) is 0 Å². The van der Waals surface area contributed by atoms with Crippen LogP contribution in [0.5, 0.6) is 0 Å². The molecule has 4 heteroatoms. The molecule has 1 saturated carbocycles. The maximum absolute atomic E-state index is 10.4. The van der Waals surface area contributed by atoms with Crippen LogP contribution in [0, 0.1) is 5.92 Å². The van der Waals surface area contributed by atoms with Gasteiger partial charge in [-0.25, -0.2) is 4.79 Å². The minimum Gasteiger partial charge on any atom is -0.352 e. The summed E-state index contributed by atoms with van der Waals surface area (Å²) in [4.78, 5) is 10.4. The zero-order valence-electron chi connectivity index (χ0n) is 9.59. The third-order valence-electron chi connectivity index (χ3n) is 3.28. The first-order valence-corrected chi connectivity index (χ1v) is 5.99. The van der Waals surface area contributed by atoms with Crippen molar-refractivity contribution < 1.29 is 4.79 Å². The summed E-state index contributed by atoms with van der Waals surface area (Å²) >= 11 is 0. The molecule has 0 spiro atoms. The minimum absolute atomic E-state index is 0.438. The third kappa shape index (κ3) is 5.02. The van der Waals surface area contributed by atoms with Crippen LogP contribution in [-0.2, 0) is 0 Å². The molecular formula is C11H23N3O. The van der Waals surface area contributed by atoms with Crippen molar-refractivity contribution in [1.29, 1.82) is 0 Å². The standard InChI is InChI=1S/C11H23N3O/c1-2-9-3-5-10(6-4-9)13-7-8-14-11(12)15/h9-10,13H,2-8H2,1H3,(H3,12,14,15). The van der Waals surface area contributed by atoms with Crippen molar-refractivity contribution in [3.63, 3.8) is 0 Å². The monoisotopic (exact) mass is 213 g/mol. The predicted octanol–water partition coefficient (Wildman–Crippen LogP) is 1.21. The van der Waals surface area contributed by atoms with Crippen molar-refractivity contribution >= 4 is 6.03 Å². The number of hydrogen-bond acceptors (Lipinski definition) is 2. The van der Waals surface area contributed by atoms with Gasteiger partial charge < -0.3 is 16.4 Å². The van der Waals surface area contributed by atoms with Gasteiger partial charge in [-0.05, 0) is 31.6 Å². The van der Waals surface area contributed by atoms with Crippen LogP contribution in [0.15, 0.2) is 0 Å². The molecule has 15 heavy (non-hydrogen) atoms. The summed E-state index contributed by atoms with van der Waals surface area (Å²) in [6.07, 6.45) is 6.55. The van der Waals surface area contributed by atoms with Gasteiger partial charge in [-0.2, -0.15) is 0 Å². The first-order valence-electron chi connectivity index (χ1n) is 5.99. The minimum atomic E-state index is -0.438. The number of amides is 2. The summed E-state index contributed by atoms with van der Waals surface area (Å²) in [7, 11) is 0. The Morgan fingerprint density at radius 1 is 1.27 bits per heavy atom. The molecule has 0 saturated heterocycles. The van der Waals surface area contributed by atoms with E-state index in [1.807, 2.05) is 0 Å². The molecule has 0 heterocycles. The molecule has 0 aliphatic heterocycles. The summed E-state index contributed by atoms with van der Waals surface area (Å²) in [5, 5.41) is 6.03. The van der Waals surface area contributed by atoms with Gasteiger partial charge in [0.1, 0.15) is 0 Å². The van der Waals surface area contributed by atoms with Crippen LogP contribution in [0.1, 0.15) is 39.0 Å². The summed E-state index contributed by atoms with van der Waals surface area (Å²) in [5.74, 6) is 0.937. The summed E-state index contributed by atoms with van der Waals surface area (Å²) in [5.41, 5.74) is 4.97. The highest BCUT2D eigenvalue weighted by Gasteiger charge is 2.18. The fraction of sp³-hybridized carbons (Fsp3) is 0.909. The number of carbonyl (C=O) groups excluding carboxylic acids is 1. The zero-order chi connectivity index (χ0) is 11.1. The molecule has 1 aliphatic rings. The lowest BCUT2D eigenvalue weighted by Crippen LogP contribution is -2.40. The number of hydrogen-bond donors (Lipinski definition) is 3. The maximum atomic E-state index is 10.4. The second kappa shape index (κ2) is 6.67. The molecule has 1 rings (SSSR count). The Morgan fingerprint density at radius 3 is 2.47 bits per heavy atom. The highest BCUT2D eigenvalue weighted by Crippen LogP contribution is 2.26. The number of nitrogens with two attached hydrogens (primary N) is 1. The normalized spacial score (nSPS) is 26.2. The van der Waals surface area contributed by atoms with Crippen LogP contribution in [0.25, 0.3) is 0 Å². The number of carbonyl (C=O) groups is 1. The average molecular weight is 213 g/mol. The maximum Gasteiger partial charge on any atom is 0.312 e. The van der Waals surface area contributed by atoms with E-state index in [-0.39, 0.29) is 0 Å². The van der Waals surface area contributed by atoms with Gasteiger partial charge >= 0.3 is 6.03 Å². The van der Waals surface area contributed by atoms with Crippen LogP contribution in [0.2, 0.25) is 0 Å². The van der Waals surface area contributed by atoms with E-state index in [9.17, 15) is 4.79 Å². The van der Waals surface area contributed by atoms with Crippen LogP contribution >= 0.6 is 0 Å². The number of nitrogens with one attached hydrogen (secondary N) is 2. The highest BCUT2D eigenvalue weighted by atomic mass is 16.2. The first-order chi connectivity index (χ1) is 7.22. The van der Waals surface area contributed by atoms with Gasteiger partial charge in [0, 0.05) is 19.1 Å². The van der Waals surface area contributed by atoms with Crippen molar-refractivity contribution in [3.8, 4) is 0 Å². The Kier molecular flexibility index (Phi) is 5.47. The summed E-state index contributed by atoms with van der Waals surface area (Å²) < 4.78 is 0. The van der Waals surface area contributed by atoms with Crippen molar-refractivity contribution in [1.82, 2.24) is 10.6 Å². The average Bonchev–Trinajstić information content (AvgIpc) is 2.25. The van der Waals surface area contributed by atoms with E-state index in [4.69, 9.17) is 5.73 Å². The lowest BCUT2D eigenvalue weighted by atomic mass is 9.84. The van der Waals surface area contributed by atoms with E-state index in [1.165, 1.54) is 32.1 Å². The Bertz CT molecular complexity index is 188. The second-order valence-electron chi connectivity index (χ2n) is 4.37. The van der Waals surface area contributed by atoms with E-state index in [0.29, 0.717) is 12.6 Å². The molecule has 0 radical (unpaired) electrons. The number of primary amides is 1. The van der Waals surface area contributed by atoms with Gasteiger partial charge in [0.05, 0.1) is 0 Å². The van der Waals surface area contributed by atoms with Crippen molar-refractivity contribution in [2.24, 2.45) is 11.7 Å². The van der Waals surface area contributed by atoms with Crippen LogP contribution in [-0.4, -0.2) is 25.2 Å². The second-order valence-corrected chi connectivity index (χ2v) is 4.37. The van der Waals surface area contributed by atoms with Crippen LogP contribution < -0.4 is 16.4 Å². The molecule has 0 unspecified atom stereocenters. The lowest BCUT2D eigenvalue weighted by molar-refractivity contribution is 0.248. The molecule has 2 amide bonds. The Labute approximate surface area is 92.0 Å². The molecule has 0 aromatic heterocycles. The Hall–Kier alpha value is -0.770. The van der Waals surface area contributed by atoms with Crippen LogP contribution in [0.3, 0.4) is 0 Å². The highest BCUT2D eigenvalue weighted by molar-refractivity contribution is 5.71. The predicted molar refractivity (Wildman–Crippen MR) is 61.6 cm³/mol. The molecule has 1 aliphatic carbocycles. The van der Waals surface area contributed by atoms with Crippen molar-refractivity contribution in [2.45, 2.75) is 45.1 Å². The molecule has 4 N–H and O–H groups in total. The molecule has 0 bridgehead atoms. The summed E-state index contributed by atoms with van der Waals surface area (Å²) in [6.45, 7) is 3.72. The van der Waals surface area contributed by atoms with Gasteiger partial charge in [0.15, 0.2) is 0 Å². The van der Waals surface area contributed by atoms with Gasteiger partial charge in [0.25, 0.3) is 0 Å². The Morgan fingerprint density at radius 2 is 1.93 bits per heavy atom. The van der Waals surface area contributed by atoms with E-state index in [1.54, 1.807) is 0 Å². The summed E-state index contributed by atoms with van der Waals surface area (Å²) in [6, 6.07) is 0.203. The molecule has 0 aromatic rings. The molecule has 1 fully saturated rings. The fourth-order valence-corrected chi connectivity index (χ4v) is 2.24. The van der Waals surface area contributed by atoms with Gasteiger partial charge in [0.2, 0.25) is 0 Å². The zero-order valence-corrected chi connectivity index (χ0v) is 9.59. The van der Waals surface area contributed by atoms with E-state index in [0.717, 1.165) is 12.5 Å². The first kappa shape index (κ1) is 12.3. The van der Waals surface area contributed by atoms with E-state index in [2.05, 4.69) is 17.6 Å². The molecule has 4 nitrogen and oxygen atoms in total. The lowest BCUT2D eigenvalue weighted by Gasteiger charge is -2.28. The fourth-order valence-electron chi connectivity index (χ4n) is 2.24. The van der Waals surface area contributed by atoms with E-state index < -0.39 is 6.03 Å². The van der Waals surface area contributed by atoms with Crippen molar-refractivity contribution in [2.75, 3.05) is 13.1 Å². The number of rotatable bonds is 5. The van der Waals surface area contributed by atoms with Crippen molar-refractivity contribution in [3.05, 3.63) is 0 Å². The van der Waals surface area contributed by atoms with Crippen LogP contribution in [0.4, 0.5) is 4.79 Å². The topological polar surface area (TPSA) is 67.2 Å². The molecular weight excluding hydrogens is 190 g/mol. The smallest absolute Gasteiger partial charge is 0.312 e.